The third kappa shape index (κ3) is 8.14. The van der Waals surface area contributed by atoms with Crippen molar-refractivity contribution in [2.45, 2.75) is 13.0 Å². The zero-order chi connectivity index (χ0) is 7.28. The molecule has 0 radical (unpaired) electrons. The highest BCUT2D eigenvalue weighted by Gasteiger charge is 1.92. The lowest BCUT2D eigenvalue weighted by molar-refractivity contribution is 0.193. The van der Waals surface area contributed by atoms with Gasteiger partial charge in [0.1, 0.15) is 0 Å². The van der Waals surface area contributed by atoms with Crippen molar-refractivity contribution in [2.75, 3.05) is 13.1 Å². The second kappa shape index (κ2) is 4.97. The van der Waals surface area contributed by atoms with Crippen LogP contribution in [0, 0.1) is 0 Å². The van der Waals surface area contributed by atoms with E-state index < -0.39 is 0 Å². The molecule has 0 amide bonds. The van der Waals surface area contributed by atoms with Crippen LogP contribution in [0.15, 0.2) is 11.1 Å². The van der Waals surface area contributed by atoms with Gasteiger partial charge in [0.25, 0.3) is 0 Å². The quantitative estimate of drug-likeness (QED) is 0.695. The van der Waals surface area contributed by atoms with E-state index >= 15 is 0 Å². The highest BCUT2D eigenvalue weighted by atomic mass is 79.9. The first-order chi connectivity index (χ1) is 4.13. The highest BCUT2D eigenvalue weighted by Crippen LogP contribution is 1.96. The zero-order valence-electron chi connectivity index (χ0n) is 5.52. The third-order valence-electron chi connectivity index (χ3n) is 0.757. The van der Waals surface area contributed by atoms with Gasteiger partial charge in [0, 0.05) is 17.6 Å². The molecule has 0 fully saturated rings. The Hall–Kier alpha value is 0.140. The molecule has 2 N–H and O–H groups in total. The number of aliphatic hydroxyl groups excluding tert-OH is 1. The average Bonchev–Trinajstić information content (AvgIpc) is 1.63. The molecule has 54 valence electrons. The average molecular weight is 194 g/mol. The SMILES string of the molecule is C=C(Br)CNC[C@H](C)O. The maximum Gasteiger partial charge on any atom is 0.0636 e. The Bertz CT molecular complexity index is 93.1. The van der Waals surface area contributed by atoms with Crippen LogP contribution in [0.2, 0.25) is 0 Å². The van der Waals surface area contributed by atoms with Crippen LogP contribution in [0.25, 0.3) is 0 Å². The number of hydrogen-bond acceptors (Lipinski definition) is 2. The monoisotopic (exact) mass is 193 g/mol. The van der Waals surface area contributed by atoms with Crippen LogP contribution in [0.4, 0.5) is 0 Å². The predicted molar refractivity (Wildman–Crippen MR) is 42.6 cm³/mol. The molecule has 0 heterocycles. The van der Waals surface area contributed by atoms with Crippen molar-refractivity contribution in [3.8, 4) is 0 Å². The molecule has 9 heavy (non-hydrogen) atoms. The number of rotatable bonds is 4. The zero-order valence-corrected chi connectivity index (χ0v) is 7.11. The minimum atomic E-state index is -0.281. The van der Waals surface area contributed by atoms with Crippen molar-refractivity contribution in [3.63, 3.8) is 0 Å². The molecule has 0 spiro atoms. The molecular formula is C6H12BrNO. The Labute approximate surface area is 64.1 Å². The van der Waals surface area contributed by atoms with E-state index in [9.17, 15) is 0 Å². The van der Waals surface area contributed by atoms with E-state index in [4.69, 9.17) is 5.11 Å². The van der Waals surface area contributed by atoms with E-state index in [1.54, 1.807) is 6.92 Å². The summed E-state index contributed by atoms with van der Waals surface area (Å²) < 4.78 is 0.906. The van der Waals surface area contributed by atoms with Gasteiger partial charge in [0.05, 0.1) is 6.10 Å². The normalized spacial score (nSPS) is 13.2. The van der Waals surface area contributed by atoms with Crippen LogP contribution in [0.5, 0.6) is 0 Å². The van der Waals surface area contributed by atoms with E-state index in [1.807, 2.05) is 0 Å². The fourth-order valence-electron chi connectivity index (χ4n) is 0.417. The standard InChI is InChI=1S/C6H12BrNO/c1-5(7)3-8-4-6(2)9/h6,8-9H,1,3-4H2,2H3/t6-/m0/s1. The Morgan fingerprint density at radius 1 is 1.89 bits per heavy atom. The van der Waals surface area contributed by atoms with Gasteiger partial charge in [-0.25, -0.2) is 0 Å². The largest absolute Gasteiger partial charge is 0.392 e. The molecule has 0 rings (SSSR count). The summed E-state index contributed by atoms with van der Waals surface area (Å²) in [5.74, 6) is 0. The van der Waals surface area contributed by atoms with Gasteiger partial charge in [-0.3, -0.25) is 0 Å². The summed E-state index contributed by atoms with van der Waals surface area (Å²) in [6, 6.07) is 0. The summed E-state index contributed by atoms with van der Waals surface area (Å²) in [4.78, 5) is 0. The molecule has 0 aliphatic rings. The van der Waals surface area contributed by atoms with Crippen molar-refractivity contribution in [1.29, 1.82) is 0 Å². The minimum absolute atomic E-state index is 0.281. The molecule has 0 bridgehead atoms. The molecule has 0 aromatic heterocycles. The van der Waals surface area contributed by atoms with E-state index in [2.05, 4.69) is 27.8 Å². The Morgan fingerprint density at radius 3 is 2.78 bits per heavy atom. The molecule has 0 saturated heterocycles. The molecule has 1 atom stereocenters. The second-order valence-electron chi connectivity index (χ2n) is 2.00. The Balaban J connectivity index is 3.01. The van der Waals surface area contributed by atoms with Gasteiger partial charge in [-0.1, -0.05) is 22.5 Å². The van der Waals surface area contributed by atoms with Gasteiger partial charge in [-0.2, -0.15) is 0 Å². The predicted octanol–water partition coefficient (Wildman–Crippen LogP) is 0.865. The van der Waals surface area contributed by atoms with Crippen molar-refractivity contribution in [1.82, 2.24) is 5.32 Å². The van der Waals surface area contributed by atoms with Crippen LogP contribution in [0.1, 0.15) is 6.92 Å². The van der Waals surface area contributed by atoms with Gasteiger partial charge in [-0.05, 0) is 6.92 Å². The molecule has 2 nitrogen and oxygen atoms in total. The molecule has 0 unspecified atom stereocenters. The van der Waals surface area contributed by atoms with Crippen LogP contribution >= 0.6 is 15.9 Å². The summed E-state index contributed by atoms with van der Waals surface area (Å²) in [7, 11) is 0. The molecule has 0 aromatic carbocycles. The number of aliphatic hydroxyl groups is 1. The lowest BCUT2D eigenvalue weighted by atomic mass is 10.4. The summed E-state index contributed by atoms with van der Waals surface area (Å²) in [5.41, 5.74) is 0. The number of halogens is 1. The fourth-order valence-corrected chi connectivity index (χ4v) is 0.615. The summed E-state index contributed by atoms with van der Waals surface area (Å²) in [5, 5.41) is 11.7. The van der Waals surface area contributed by atoms with E-state index in [0.29, 0.717) is 13.1 Å². The fraction of sp³-hybridized carbons (Fsp3) is 0.667. The van der Waals surface area contributed by atoms with Crippen LogP contribution in [0.3, 0.4) is 0 Å². The van der Waals surface area contributed by atoms with E-state index in [0.717, 1.165) is 4.48 Å². The molecule has 0 saturated carbocycles. The minimum Gasteiger partial charge on any atom is -0.392 e. The number of nitrogens with one attached hydrogen (secondary N) is 1. The lowest BCUT2D eigenvalue weighted by Gasteiger charge is -2.04. The van der Waals surface area contributed by atoms with Gasteiger partial charge >= 0.3 is 0 Å². The van der Waals surface area contributed by atoms with Gasteiger partial charge < -0.3 is 10.4 Å². The van der Waals surface area contributed by atoms with Crippen LogP contribution in [-0.4, -0.2) is 24.3 Å². The van der Waals surface area contributed by atoms with Crippen molar-refractivity contribution >= 4 is 15.9 Å². The molecular weight excluding hydrogens is 182 g/mol. The molecule has 0 aromatic rings. The number of hydrogen-bond donors (Lipinski definition) is 2. The van der Waals surface area contributed by atoms with Crippen molar-refractivity contribution < 1.29 is 5.11 Å². The topological polar surface area (TPSA) is 32.3 Å². The molecule has 0 aliphatic carbocycles. The first-order valence-electron chi connectivity index (χ1n) is 2.85. The molecule has 3 heteroatoms. The second-order valence-corrected chi connectivity index (χ2v) is 3.12. The summed E-state index contributed by atoms with van der Waals surface area (Å²) in [6.07, 6.45) is -0.281. The molecule has 0 aliphatic heterocycles. The smallest absolute Gasteiger partial charge is 0.0636 e. The Kier molecular flexibility index (Phi) is 5.04. The third-order valence-corrected chi connectivity index (χ3v) is 1.04. The highest BCUT2D eigenvalue weighted by molar-refractivity contribution is 9.11. The van der Waals surface area contributed by atoms with E-state index in [-0.39, 0.29) is 6.10 Å². The first-order valence-corrected chi connectivity index (χ1v) is 3.64. The maximum atomic E-state index is 8.76. The first kappa shape index (κ1) is 9.14. The van der Waals surface area contributed by atoms with Gasteiger partial charge in [0.2, 0.25) is 0 Å². The summed E-state index contributed by atoms with van der Waals surface area (Å²) >= 11 is 3.19. The van der Waals surface area contributed by atoms with Crippen molar-refractivity contribution in [2.24, 2.45) is 0 Å². The summed E-state index contributed by atoms with van der Waals surface area (Å²) in [6.45, 7) is 6.69. The van der Waals surface area contributed by atoms with E-state index in [1.165, 1.54) is 0 Å². The Morgan fingerprint density at radius 2 is 2.44 bits per heavy atom. The van der Waals surface area contributed by atoms with Crippen molar-refractivity contribution in [3.05, 3.63) is 11.1 Å². The van der Waals surface area contributed by atoms with Gasteiger partial charge in [0.15, 0.2) is 0 Å². The van der Waals surface area contributed by atoms with Crippen LogP contribution < -0.4 is 5.32 Å². The lowest BCUT2D eigenvalue weighted by Crippen LogP contribution is -2.25. The van der Waals surface area contributed by atoms with Gasteiger partial charge in [-0.15, -0.1) is 0 Å². The van der Waals surface area contributed by atoms with Crippen LogP contribution in [-0.2, 0) is 0 Å². The maximum absolute atomic E-state index is 8.76.